The second kappa shape index (κ2) is 8.59. The molecule has 0 rings (SSSR count). The molecule has 0 atom stereocenters. The number of hydrogen-bond donors (Lipinski definition) is 2. The van der Waals surface area contributed by atoms with Crippen LogP contribution in [-0.4, -0.2) is 5.31 Å². The van der Waals surface area contributed by atoms with E-state index in [1.807, 2.05) is 0 Å². The molecule has 0 bridgehead atoms. The van der Waals surface area contributed by atoms with Crippen LogP contribution in [0.5, 0.6) is 0 Å². The minimum absolute atomic E-state index is 0. The fraction of sp³-hybridized carbons (Fsp3) is 0. The average molecular weight is 240 g/mol. The molecule has 0 saturated carbocycles. The quantitative estimate of drug-likeness (QED) is 0.504. The summed E-state index contributed by atoms with van der Waals surface area (Å²) in [6.45, 7) is 0. The monoisotopic (exact) mass is 238 g/mol. The number of hydrogen-bond acceptors (Lipinski definition) is 2. The van der Waals surface area contributed by atoms with Crippen LogP contribution in [-0.2, 0) is 0 Å². The normalized spacial score (nSPS) is 7.50. The first kappa shape index (κ1) is 22.6. The Bertz CT molecular complexity index is 25.9. The van der Waals surface area contributed by atoms with E-state index in [1.165, 1.54) is 0 Å². The van der Waals surface area contributed by atoms with Crippen molar-refractivity contribution in [3.05, 3.63) is 0 Å². The van der Waals surface area contributed by atoms with Gasteiger partial charge in [-0.3, -0.25) is 0 Å². The van der Waals surface area contributed by atoms with Gasteiger partial charge < -0.3 is 12.3 Å². The van der Waals surface area contributed by atoms with Crippen molar-refractivity contribution in [1.29, 1.82) is 0 Å². The third-order valence-electron chi connectivity index (χ3n) is 0. The summed E-state index contributed by atoms with van der Waals surface area (Å²) in [4.78, 5) is 0. The van der Waals surface area contributed by atoms with Gasteiger partial charge in [-0.2, -0.15) is 0 Å². The first-order chi connectivity index (χ1) is 2.00. The van der Waals surface area contributed by atoms with Crippen LogP contribution in [0, 0.1) is 0 Å². The highest BCUT2D eigenvalue weighted by molar-refractivity contribution is 7.81. The molecular formula is H7Cl5N2Si. The first-order valence-corrected chi connectivity index (χ1v) is 6.80. The lowest BCUT2D eigenvalue weighted by Crippen LogP contribution is -1.91. The number of rotatable bonds is 0. The lowest BCUT2D eigenvalue weighted by molar-refractivity contribution is 2.13. The van der Waals surface area contributed by atoms with Crippen LogP contribution < -0.4 is 12.3 Å². The Balaban J connectivity index is -0.0000000267. The second-order valence-electron chi connectivity index (χ2n) is 0.429. The molecule has 2 nitrogen and oxygen atoms in total. The van der Waals surface area contributed by atoms with Crippen molar-refractivity contribution in [2.45, 2.75) is 0 Å². The highest BCUT2D eigenvalue weighted by Crippen LogP contribution is 2.23. The van der Waals surface area contributed by atoms with Crippen molar-refractivity contribution in [2.75, 3.05) is 0 Å². The largest absolute Gasteiger partial charge is 0.440 e. The highest BCUT2D eigenvalue weighted by Gasteiger charge is 2.19. The van der Waals surface area contributed by atoms with E-state index < -0.39 is 5.31 Å². The summed E-state index contributed by atoms with van der Waals surface area (Å²) in [5, 5.41) is -2.72. The molecule has 6 N–H and O–H groups in total. The van der Waals surface area contributed by atoms with Crippen molar-refractivity contribution in [2.24, 2.45) is 0 Å². The predicted octanol–water partition coefficient (Wildman–Crippen LogP) is 3.12. The van der Waals surface area contributed by atoms with Crippen LogP contribution in [0.3, 0.4) is 0 Å². The van der Waals surface area contributed by atoms with Crippen molar-refractivity contribution in [1.82, 2.24) is 12.3 Å². The molecule has 0 saturated heterocycles. The smallest absolute Gasteiger partial charge is 0.344 e. The van der Waals surface area contributed by atoms with Gasteiger partial charge in [-0.05, 0) is 0 Å². The Hall–Kier alpha value is 1.59. The Labute approximate surface area is 74.2 Å². The van der Waals surface area contributed by atoms with E-state index in [1.54, 1.807) is 0 Å². The lowest BCUT2D eigenvalue weighted by atomic mass is 14.0. The van der Waals surface area contributed by atoms with Crippen molar-refractivity contribution >= 4 is 62.0 Å². The fourth-order valence-electron chi connectivity index (χ4n) is 0. The molecule has 0 aliphatic carbocycles. The minimum atomic E-state index is -2.72. The van der Waals surface area contributed by atoms with Gasteiger partial charge in [0, 0.05) is 0 Å². The molecule has 0 spiro atoms. The Morgan fingerprint density at radius 3 is 0.750 bits per heavy atom. The van der Waals surface area contributed by atoms with Crippen LogP contribution in [0.1, 0.15) is 0 Å². The maximum atomic E-state index is 4.97. The van der Waals surface area contributed by atoms with E-state index in [9.17, 15) is 0 Å². The van der Waals surface area contributed by atoms with Crippen molar-refractivity contribution in [3.8, 4) is 0 Å². The summed E-state index contributed by atoms with van der Waals surface area (Å²) in [5.74, 6) is 0. The molecule has 0 aromatic rings. The molecule has 8 heteroatoms. The lowest BCUT2D eigenvalue weighted by Gasteiger charge is -1.85. The topological polar surface area (TPSA) is 70.0 Å². The van der Waals surface area contributed by atoms with E-state index >= 15 is 0 Å². The molecule has 0 aromatic heterocycles. The van der Waals surface area contributed by atoms with Gasteiger partial charge in [0.05, 0.1) is 0 Å². The summed E-state index contributed by atoms with van der Waals surface area (Å²) in [6.07, 6.45) is 0. The van der Waals surface area contributed by atoms with Gasteiger partial charge in [0.2, 0.25) is 0 Å². The second-order valence-corrected chi connectivity index (χ2v) is 11.6. The molecule has 56 valence electrons. The molecule has 0 radical (unpaired) electrons. The van der Waals surface area contributed by atoms with Crippen LogP contribution >= 0.6 is 56.7 Å². The van der Waals surface area contributed by atoms with E-state index in [0.29, 0.717) is 0 Å². The van der Waals surface area contributed by atoms with Crippen LogP contribution in [0.25, 0.3) is 0 Å². The minimum Gasteiger partial charge on any atom is -0.344 e. The van der Waals surface area contributed by atoms with Gasteiger partial charge in [0.15, 0.2) is 0 Å². The molecule has 0 heterocycles. The zero-order chi connectivity index (χ0) is 4.50. The van der Waals surface area contributed by atoms with Gasteiger partial charge in [-0.15, -0.1) is 56.7 Å². The maximum Gasteiger partial charge on any atom is 0.440 e. The van der Waals surface area contributed by atoms with E-state index in [-0.39, 0.29) is 24.7 Å². The SMILES string of the molecule is Cl.Cl[Si](Cl)(Cl)Cl.N.N. The Morgan fingerprint density at radius 1 is 0.750 bits per heavy atom. The molecular weight excluding hydrogens is 233 g/mol. The zero-order valence-corrected chi connectivity index (χ0v) is 8.67. The summed E-state index contributed by atoms with van der Waals surface area (Å²) in [5.41, 5.74) is 0. The van der Waals surface area contributed by atoms with Crippen molar-refractivity contribution < 1.29 is 0 Å². The summed E-state index contributed by atoms with van der Waals surface area (Å²) in [6, 6.07) is 0. The Morgan fingerprint density at radius 2 is 0.750 bits per heavy atom. The van der Waals surface area contributed by atoms with E-state index in [0.717, 1.165) is 0 Å². The van der Waals surface area contributed by atoms with Gasteiger partial charge in [-0.1, -0.05) is 0 Å². The standard InChI is InChI=1S/Cl4Si.ClH.2H3N/c1-5(2,3)4;;;/h;1H;2*1H3. The van der Waals surface area contributed by atoms with E-state index in [4.69, 9.17) is 44.3 Å². The van der Waals surface area contributed by atoms with E-state index in [2.05, 4.69) is 0 Å². The van der Waals surface area contributed by atoms with Crippen LogP contribution in [0.2, 0.25) is 0 Å². The van der Waals surface area contributed by atoms with Gasteiger partial charge in [-0.25, -0.2) is 0 Å². The number of halogens is 5. The zero-order valence-electron chi connectivity index (χ0n) is 3.83. The van der Waals surface area contributed by atoms with Crippen LogP contribution in [0.4, 0.5) is 0 Å². The van der Waals surface area contributed by atoms with Gasteiger partial charge >= 0.3 is 5.31 Å². The van der Waals surface area contributed by atoms with Crippen LogP contribution in [0.15, 0.2) is 0 Å². The molecule has 0 aliphatic heterocycles. The predicted molar refractivity (Wildman–Crippen MR) is 46.5 cm³/mol. The third kappa shape index (κ3) is 131. The summed E-state index contributed by atoms with van der Waals surface area (Å²) in [7, 11) is 0. The van der Waals surface area contributed by atoms with Crippen molar-refractivity contribution in [3.63, 3.8) is 0 Å². The maximum absolute atomic E-state index is 4.97. The highest BCUT2D eigenvalue weighted by atomic mass is 36.0. The molecule has 0 amide bonds. The average Bonchev–Trinajstić information content (AvgIpc) is 0.722. The molecule has 8 heavy (non-hydrogen) atoms. The van der Waals surface area contributed by atoms with Gasteiger partial charge in [0.1, 0.15) is 0 Å². The Kier molecular flexibility index (Phi) is 24.3. The summed E-state index contributed by atoms with van der Waals surface area (Å²) >= 11 is 19.9. The van der Waals surface area contributed by atoms with Gasteiger partial charge in [0.25, 0.3) is 0 Å². The molecule has 0 aliphatic rings. The molecule has 0 fully saturated rings. The summed E-state index contributed by atoms with van der Waals surface area (Å²) < 4.78 is 0. The fourth-order valence-corrected chi connectivity index (χ4v) is 0. The molecule has 0 unspecified atom stereocenters. The third-order valence-corrected chi connectivity index (χ3v) is 0. The first-order valence-electron chi connectivity index (χ1n) is 0.756. The molecule has 0 aromatic carbocycles.